The third kappa shape index (κ3) is 3.75. The molecule has 156 valence electrons. The molecule has 7 nitrogen and oxygen atoms in total. The minimum absolute atomic E-state index is 0.0547. The summed E-state index contributed by atoms with van der Waals surface area (Å²) in [6.45, 7) is 4.81. The van der Waals surface area contributed by atoms with Crippen LogP contribution in [0.1, 0.15) is 43.6 Å². The van der Waals surface area contributed by atoms with Crippen molar-refractivity contribution in [3.8, 4) is 22.9 Å². The summed E-state index contributed by atoms with van der Waals surface area (Å²) in [4.78, 5) is 19.0. The average molecular weight is 407 g/mol. The number of amides is 1. The van der Waals surface area contributed by atoms with Gasteiger partial charge < -0.3 is 18.9 Å². The van der Waals surface area contributed by atoms with E-state index in [0.29, 0.717) is 47.7 Å². The van der Waals surface area contributed by atoms with Gasteiger partial charge in [-0.15, -0.1) is 0 Å². The van der Waals surface area contributed by atoms with E-state index in [4.69, 9.17) is 14.0 Å². The van der Waals surface area contributed by atoms with Crippen LogP contribution in [0.5, 0.6) is 11.5 Å². The summed E-state index contributed by atoms with van der Waals surface area (Å²) in [5.74, 6) is 2.52. The number of hydrogen-bond donors (Lipinski definition) is 0. The van der Waals surface area contributed by atoms with Gasteiger partial charge in [-0.2, -0.15) is 4.98 Å². The average Bonchev–Trinajstić information content (AvgIpc) is 3.40. The summed E-state index contributed by atoms with van der Waals surface area (Å²) in [5, 5.41) is 4.11. The molecule has 2 aromatic carbocycles. The van der Waals surface area contributed by atoms with Crippen molar-refractivity contribution in [2.75, 3.05) is 25.7 Å². The molecule has 0 bridgehead atoms. The van der Waals surface area contributed by atoms with E-state index in [1.165, 1.54) is 5.56 Å². The normalized spacial score (nSPS) is 16.4. The molecule has 4 rings (SSSR count). The molecule has 7 heteroatoms. The maximum absolute atomic E-state index is 12.6. The van der Waals surface area contributed by atoms with E-state index in [-0.39, 0.29) is 11.8 Å². The first-order chi connectivity index (χ1) is 14.5. The van der Waals surface area contributed by atoms with Crippen LogP contribution in [-0.4, -0.2) is 36.8 Å². The molecule has 1 aliphatic heterocycles. The number of methoxy groups -OCH3 is 2. The summed E-state index contributed by atoms with van der Waals surface area (Å²) in [5.41, 5.74) is 2.85. The summed E-state index contributed by atoms with van der Waals surface area (Å²) in [7, 11) is 3.18. The molecule has 0 aliphatic carbocycles. The van der Waals surface area contributed by atoms with Crippen LogP contribution >= 0.6 is 0 Å². The molecule has 1 aromatic heterocycles. The molecule has 2 heterocycles. The second-order valence-electron chi connectivity index (χ2n) is 7.67. The Morgan fingerprint density at radius 3 is 2.53 bits per heavy atom. The number of carbonyl (C=O) groups is 1. The van der Waals surface area contributed by atoms with Gasteiger partial charge >= 0.3 is 0 Å². The van der Waals surface area contributed by atoms with E-state index in [1.807, 2.05) is 24.3 Å². The van der Waals surface area contributed by atoms with Crippen molar-refractivity contribution in [1.29, 1.82) is 0 Å². The number of benzene rings is 2. The Labute approximate surface area is 175 Å². The quantitative estimate of drug-likeness (QED) is 0.603. The number of nitrogens with zero attached hydrogens (tertiary/aromatic N) is 3. The van der Waals surface area contributed by atoms with E-state index >= 15 is 0 Å². The molecule has 0 spiro atoms. The summed E-state index contributed by atoms with van der Waals surface area (Å²) < 4.78 is 16.2. The molecular formula is C23H25N3O4. The minimum atomic E-state index is -0.146. The van der Waals surface area contributed by atoms with Gasteiger partial charge in [-0.25, -0.2) is 0 Å². The molecule has 1 amide bonds. The van der Waals surface area contributed by atoms with Crippen LogP contribution in [0, 0.1) is 0 Å². The maximum Gasteiger partial charge on any atom is 0.232 e. The minimum Gasteiger partial charge on any atom is -0.497 e. The molecule has 1 fully saturated rings. The molecule has 0 radical (unpaired) electrons. The first-order valence-electron chi connectivity index (χ1n) is 9.96. The second-order valence-corrected chi connectivity index (χ2v) is 7.67. The van der Waals surface area contributed by atoms with Crippen molar-refractivity contribution >= 4 is 11.6 Å². The lowest BCUT2D eigenvalue weighted by Crippen LogP contribution is -2.24. The lowest BCUT2D eigenvalue weighted by molar-refractivity contribution is -0.117. The topological polar surface area (TPSA) is 77.7 Å². The van der Waals surface area contributed by atoms with Gasteiger partial charge in [-0.1, -0.05) is 31.1 Å². The SMILES string of the molecule is COc1ccc(-c2noc(C3CC(=O)N(c4ccc(C(C)C)cc4)C3)n2)c(OC)c1. The highest BCUT2D eigenvalue weighted by molar-refractivity contribution is 5.96. The van der Waals surface area contributed by atoms with Crippen LogP contribution in [0.25, 0.3) is 11.4 Å². The zero-order valence-corrected chi connectivity index (χ0v) is 17.6. The summed E-state index contributed by atoms with van der Waals surface area (Å²) in [6, 6.07) is 13.5. The lowest BCUT2D eigenvalue weighted by Gasteiger charge is -2.17. The Kier molecular flexibility index (Phi) is 5.44. The van der Waals surface area contributed by atoms with Crippen molar-refractivity contribution in [2.24, 2.45) is 0 Å². The molecule has 0 N–H and O–H groups in total. The van der Waals surface area contributed by atoms with Crippen LogP contribution in [0.3, 0.4) is 0 Å². The first kappa shape index (κ1) is 19.9. The van der Waals surface area contributed by atoms with Gasteiger partial charge in [-0.05, 0) is 35.7 Å². The third-order valence-electron chi connectivity index (χ3n) is 5.44. The van der Waals surface area contributed by atoms with Crippen LogP contribution in [0.15, 0.2) is 47.0 Å². The van der Waals surface area contributed by atoms with Crippen molar-refractivity contribution in [1.82, 2.24) is 10.1 Å². The van der Waals surface area contributed by atoms with Gasteiger partial charge in [-0.3, -0.25) is 4.79 Å². The van der Waals surface area contributed by atoms with Crippen LogP contribution in [0.4, 0.5) is 5.69 Å². The maximum atomic E-state index is 12.6. The predicted molar refractivity (Wildman–Crippen MR) is 113 cm³/mol. The van der Waals surface area contributed by atoms with Gasteiger partial charge in [0.1, 0.15) is 11.5 Å². The predicted octanol–water partition coefficient (Wildman–Crippen LogP) is 4.40. The Bertz CT molecular complexity index is 1040. The molecule has 1 aliphatic rings. The number of rotatable bonds is 6. The monoisotopic (exact) mass is 407 g/mol. The molecule has 1 saturated heterocycles. The van der Waals surface area contributed by atoms with Crippen molar-refractivity contribution in [2.45, 2.75) is 32.1 Å². The van der Waals surface area contributed by atoms with Crippen molar-refractivity contribution < 1.29 is 18.8 Å². The second kappa shape index (κ2) is 8.18. The first-order valence-corrected chi connectivity index (χ1v) is 9.96. The van der Waals surface area contributed by atoms with Gasteiger partial charge in [0.2, 0.25) is 17.6 Å². The number of anilines is 1. The van der Waals surface area contributed by atoms with Crippen LogP contribution in [0.2, 0.25) is 0 Å². The zero-order valence-electron chi connectivity index (χ0n) is 17.6. The standard InChI is InChI=1S/C23H25N3O4/c1-14(2)15-5-7-17(8-6-15)26-13-16(11-21(26)27)23-24-22(25-30-23)19-10-9-18(28-3)12-20(19)29-4/h5-10,12,14,16H,11,13H2,1-4H3. The van der Waals surface area contributed by atoms with Crippen molar-refractivity contribution in [3.63, 3.8) is 0 Å². The molecular weight excluding hydrogens is 382 g/mol. The Hall–Kier alpha value is -3.35. The van der Waals surface area contributed by atoms with E-state index in [0.717, 1.165) is 5.69 Å². The largest absolute Gasteiger partial charge is 0.497 e. The molecule has 30 heavy (non-hydrogen) atoms. The highest BCUT2D eigenvalue weighted by atomic mass is 16.5. The van der Waals surface area contributed by atoms with E-state index < -0.39 is 0 Å². The molecule has 3 aromatic rings. The highest BCUT2D eigenvalue weighted by Crippen LogP contribution is 2.35. The number of aromatic nitrogens is 2. The zero-order chi connectivity index (χ0) is 21.3. The summed E-state index contributed by atoms with van der Waals surface area (Å²) >= 11 is 0. The Morgan fingerprint density at radius 2 is 1.87 bits per heavy atom. The van der Waals surface area contributed by atoms with E-state index in [2.05, 4.69) is 36.1 Å². The Balaban J connectivity index is 1.54. The fourth-order valence-corrected chi connectivity index (χ4v) is 3.66. The van der Waals surface area contributed by atoms with Gasteiger partial charge in [0, 0.05) is 24.7 Å². The van der Waals surface area contributed by atoms with Crippen LogP contribution in [-0.2, 0) is 4.79 Å². The summed E-state index contributed by atoms with van der Waals surface area (Å²) in [6.07, 6.45) is 0.341. The fourth-order valence-electron chi connectivity index (χ4n) is 3.66. The molecule has 0 saturated carbocycles. The number of carbonyl (C=O) groups excluding carboxylic acids is 1. The number of ether oxygens (including phenoxy) is 2. The van der Waals surface area contributed by atoms with Crippen LogP contribution < -0.4 is 14.4 Å². The van der Waals surface area contributed by atoms with E-state index in [9.17, 15) is 4.79 Å². The van der Waals surface area contributed by atoms with E-state index in [1.54, 1.807) is 25.2 Å². The Morgan fingerprint density at radius 1 is 1.10 bits per heavy atom. The van der Waals surface area contributed by atoms with Gasteiger partial charge in [0.15, 0.2) is 0 Å². The van der Waals surface area contributed by atoms with Crippen molar-refractivity contribution in [3.05, 3.63) is 53.9 Å². The smallest absolute Gasteiger partial charge is 0.232 e. The molecule has 1 atom stereocenters. The fraction of sp³-hybridized carbons (Fsp3) is 0.348. The highest BCUT2D eigenvalue weighted by Gasteiger charge is 2.35. The molecule has 1 unspecified atom stereocenters. The van der Waals surface area contributed by atoms with Gasteiger partial charge in [0.05, 0.1) is 25.7 Å². The van der Waals surface area contributed by atoms with Gasteiger partial charge in [0.25, 0.3) is 0 Å². The number of hydrogen-bond acceptors (Lipinski definition) is 6. The third-order valence-corrected chi connectivity index (χ3v) is 5.44. The lowest BCUT2D eigenvalue weighted by atomic mass is 10.0.